The molecule has 1 amide bonds. The predicted molar refractivity (Wildman–Crippen MR) is 60.6 cm³/mol. The fourth-order valence-electron chi connectivity index (χ4n) is 2.15. The number of amides is 1. The minimum Gasteiger partial charge on any atom is -0.339 e. The molecule has 2 saturated carbocycles. The molecular weight excluding hydrogens is 188 g/mol. The number of carbonyl (C=O) groups is 1. The minimum absolute atomic E-state index is 0.280. The lowest BCUT2D eigenvalue weighted by atomic mass is 10.2. The first kappa shape index (κ1) is 10.9. The molecule has 0 radical (unpaired) electrons. The first-order valence-electron chi connectivity index (χ1n) is 6.07. The predicted octanol–water partition coefficient (Wildman–Crippen LogP) is 1.39. The van der Waals surface area contributed by atoms with Crippen LogP contribution in [0.4, 0.5) is 0 Å². The van der Waals surface area contributed by atoms with Crippen LogP contribution < -0.4 is 5.32 Å². The zero-order valence-electron chi connectivity index (χ0n) is 10.0. The highest BCUT2D eigenvalue weighted by molar-refractivity contribution is 5.79. The van der Waals surface area contributed by atoms with E-state index in [2.05, 4.69) is 26.1 Å². The van der Waals surface area contributed by atoms with Crippen LogP contribution in [0, 0.1) is 5.41 Å². The Labute approximate surface area is 92.2 Å². The molecule has 0 aromatic rings. The molecule has 2 rings (SSSR count). The van der Waals surface area contributed by atoms with E-state index in [1.165, 1.54) is 19.3 Å². The molecule has 15 heavy (non-hydrogen) atoms. The number of carbonyl (C=O) groups excluding carboxylic acids is 1. The molecule has 1 unspecified atom stereocenters. The number of nitrogens with one attached hydrogen (secondary N) is 1. The summed E-state index contributed by atoms with van der Waals surface area (Å²) in [7, 11) is 0. The van der Waals surface area contributed by atoms with Crippen LogP contribution in [0.1, 0.15) is 40.0 Å². The molecule has 0 heterocycles. The number of hydrogen-bond acceptors (Lipinski definition) is 2. The van der Waals surface area contributed by atoms with Gasteiger partial charge >= 0.3 is 0 Å². The van der Waals surface area contributed by atoms with Gasteiger partial charge < -0.3 is 10.2 Å². The van der Waals surface area contributed by atoms with E-state index in [0.717, 1.165) is 6.54 Å². The standard InChI is InChI=1S/C12H22N2O/c1-4-14(9-5-6-9)11(15)8-13-10-7-12(10,2)3/h9-10,13H,4-8H2,1-3H3. The van der Waals surface area contributed by atoms with Gasteiger partial charge in [0.1, 0.15) is 0 Å². The summed E-state index contributed by atoms with van der Waals surface area (Å²) in [6.07, 6.45) is 3.61. The van der Waals surface area contributed by atoms with Crippen LogP contribution in [0.15, 0.2) is 0 Å². The monoisotopic (exact) mass is 210 g/mol. The van der Waals surface area contributed by atoms with E-state index in [9.17, 15) is 4.79 Å². The smallest absolute Gasteiger partial charge is 0.236 e. The molecule has 1 atom stereocenters. The summed E-state index contributed by atoms with van der Waals surface area (Å²) in [5, 5.41) is 3.35. The summed E-state index contributed by atoms with van der Waals surface area (Å²) < 4.78 is 0. The van der Waals surface area contributed by atoms with Crippen molar-refractivity contribution in [3.63, 3.8) is 0 Å². The lowest BCUT2D eigenvalue weighted by molar-refractivity contribution is -0.130. The molecule has 0 saturated heterocycles. The van der Waals surface area contributed by atoms with Crippen LogP contribution in [-0.2, 0) is 4.79 Å². The third-order valence-corrected chi connectivity index (χ3v) is 3.66. The number of hydrogen-bond donors (Lipinski definition) is 1. The van der Waals surface area contributed by atoms with Gasteiger partial charge in [-0.1, -0.05) is 13.8 Å². The Kier molecular flexibility index (Phi) is 2.75. The molecule has 2 aliphatic carbocycles. The molecule has 2 fully saturated rings. The highest BCUT2D eigenvalue weighted by Gasteiger charge is 2.45. The van der Waals surface area contributed by atoms with Crippen molar-refractivity contribution in [1.29, 1.82) is 0 Å². The van der Waals surface area contributed by atoms with Crippen molar-refractivity contribution in [3.8, 4) is 0 Å². The lowest BCUT2D eigenvalue weighted by Gasteiger charge is -2.20. The number of rotatable bonds is 5. The number of likely N-dealkylation sites (N-methyl/N-ethyl adjacent to an activating group) is 1. The van der Waals surface area contributed by atoms with E-state index in [1.54, 1.807) is 0 Å². The van der Waals surface area contributed by atoms with Gasteiger partial charge in [-0.3, -0.25) is 4.79 Å². The van der Waals surface area contributed by atoms with E-state index in [4.69, 9.17) is 0 Å². The summed E-state index contributed by atoms with van der Waals surface area (Å²) in [5.41, 5.74) is 0.414. The zero-order chi connectivity index (χ0) is 11.1. The van der Waals surface area contributed by atoms with Crippen LogP contribution in [0.2, 0.25) is 0 Å². The molecule has 86 valence electrons. The van der Waals surface area contributed by atoms with Crippen LogP contribution in [0.25, 0.3) is 0 Å². The average Bonchev–Trinajstić information content (AvgIpc) is 3.03. The summed E-state index contributed by atoms with van der Waals surface area (Å²) >= 11 is 0. The van der Waals surface area contributed by atoms with Gasteiger partial charge in [0.15, 0.2) is 0 Å². The molecule has 0 aliphatic heterocycles. The highest BCUT2D eigenvalue weighted by Crippen LogP contribution is 2.44. The maximum atomic E-state index is 11.9. The van der Waals surface area contributed by atoms with Crippen LogP contribution in [-0.4, -0.2) is 36.0 Å². The first-order chi connectivity index (χ1) is 7.04. The Morgan fingerprint density at radius 1 is 1.47 bits per heavy atom. The van der Waals surface area contributed by atoms with Gasteiger partial charge in [-0.15, -0.1) is 0 Å². The van der Waals surface area contributed by atoms with Crippen LogP contribution >= 0.6 is 0 Å². The summed E-state index contributed by atoms with van der Waals surface area (Å²) in [4.78, 5) is 13.9. The van der Waals surface area contributed by atoms with Gasteiger partial charge in [0.25, 0.3) is 0 Å². The van der Waals surface area contributed by atoms with Crippen molar-refractivity contribution >= 4 is 5.91 Å². The van der Waals surface area contributed by atoms with Crippen molar-refractivity contribution in [2.24, 2.45) is 5.41 Å². The van der Waals surface area contributed by atoms with Crippen molar-refractivity contribution in [1.82, 2.24) is 10.2 Å². The minimum atomic E-state index is 0.280. The zero-order valence-corrected chi connectivity index (χ0v) is 10.0. The van der Waals surface area contributed by atoms with E-state index in [-0.39, 0.29) is 5.91 Å². The molecule has 2 aliphatic rings. The maximum absolute atomic E-state index is 11.9. The highest BCUT2D eigenvalue weighted by atomic mass is 16.2. The largest absolute Gasteiger partial charge is 0.339 e. The molecule has 0 bridgehead atoms. The Bertz CT molecular complexity index is 258. The Hall–Kier alpha value is -0.570. The van der Waals surface area contributed by atoms with Gasteiger partial charge in [-0.05, 0) is 31.6 Å². The van der Waals surface area contributed by atoms with E-state index >= 15 is 0 Å². The molecule has 0 aromatic carbocycles. The van der Waals surface area contributed by atoms with E-state index in [1.807, 2.05) is 4.90 Å². The van der Waals surface area contributed by atoms with Crippen LogP contribution in [0.3, 0.4) is 0 Å². The maximum Gasteiger partial charge on any atom is 0.236 e. The Morgan fingerprint density at radius 3 is 2.47 bits per heavy atom. The molecular formula is C12H22N2O. The van der Waals surface area contributed by atoms with Crippen LogP contribution in [0.5, 0.6) is 0 Å². The SMILES string of the molecule is CCN(C(=O)CNC1CC1(C)C)C1CC1. The van der Waals surface area contributed by atoms with Crippen molar-refractivity contribution in [2.45, 2.75) is 52.1 Å². The van der Waals surface area contributed by atoms with Gasteiger partial charge in [0.05, 0.1) is 6.54 Å². The molecule has 0 spiro atoms. The fourth-order valence-corrected chi connectivity index (χ4v) is 2.15. The second kappa shape index (κ2) is 3.78. The van der Waals surface area contributed by atoms with Gasteiger partial charge in [-0.25, -0.2) is 0 Å². The fraction of sp³-hybridized carbons (Fsp3) is 0.917. The molecule has 1 N–H and O–H groups in total. The quantitative estimate of drug-likeness (QED) is 0.743. The summed E-state index contributed by atoms with van der Waals surface area (Å²) in [5.74, 6) is 0.280. The van der Waals surface area contributed by atoms with Gasteiger partial charge in [0.2, 0.25) is 5.91 Å². The molecule has 0 aromatic heterocycles. The lowest BCUT2D eigenvalue weighted by Crippen LogP contribution is -2.40. The molecule has 3 nitrogen and oxygen atoms in total. The van der Waals surface area contributed by atoms with Crippen molar-refractivity contribution < 1.29 is 4.79 Å². The van der Waals surface area contributed by atoms with Gasteiger partial charge in [-0.2, -0.15) is 0 Å². The Morgan fingerprint density at radius 2 is 2.07 bits per heavy atom. The number of nitrogens with zero attached hydrogens (tertiary/aromatic N) is 1. The topological polar surface area (TPSA) is 32.3 Å². The molecule has 3 heteroatoms. The average molecular weight is 210 g/mol. The normalized spacial score (nSPS) is 27.5. The van der Waals surface area contributed by atoms with Crippen molar-refractivity contribution in [3.05, 3.63) is 0 Å². The Balaban J connectivity index is 1.72. The second-order valence-electron chi connectivity index (χ2n) is 5.54. The summed E-state index contributed by atoms with van der Waals surface area (Å²) in [6.45, 7) is 7.94. The second-order valence-corrected chi connectivity index (χ2v) is 5.54. The third-order valence-electron chi connectivity index (χ3n) is 3.66. The van der Waals surface area contributed by atoms with E-state index in [0.29, 0.717) is 24.0 Å². The van der Waals surface area contributed by atoms with Crippen molar-refractivity contribution in [2.75, 3.05) is 13.1 Å². The first-order valence-corrected chi connectivity index (χ1v) is 6.07. The van der Waals surface area contributed by atoms with E-state index < -0.39 is 0 Å². The van der Waals surface area contributed by atoms with Gasteiger partial charge in [0, 0.05) is 18.6 Å². The third kappa shape index (κ3) is 2.51. The summed E-state index contributed by atoms with van der Waals surface area (Å²) in [6, 6.07) is 1.11.